The summed E-state index contributed by atoms with van der Waals surface area (Å²) in [7, 11) is 0. The highest BCUT2D eigenvalue weighted by atomic mass is 16.3. The predicted octanol–water partition coefficient (Wildman–Crippen LogP) is 2.30. The topological polar surface area (TPSA) is 37.3 Å². The summed E-state index contributed by atoms with van der Waals surface area (Å²) >= 11 is 0. The van der Waals surface area contributed by atoms with Crippen LogP contribution in [-0.4, -0.2) is 0 Å². The maximum Gasteiger partial charge on any atom is 0.361 e. The maximum atomic E-state index is 5.70. The summed E-state index contributed by atoms with van der Waals surface area (Å²) in [4.78, 5) is 0. The minimum absolute atomic E-state index is 0.756. The molecular formula is C9H8NO+. The smallest absolute Gasteiger partial charge is 0.361 e. The number of nitrogens with two attached hydrogens (primary N) is 1. The Morgan fingerprint density at radius 2 is 1.91 bits per heavy atom. The molecule has 0 saturated carbocycles. The van der Waals surface area contributed by atoms with Crippen LogP contribution in [0.5, 0.6) is 0 Å². The molecule has 2 nitrogen and oxygen atoms in total. The fraction of sp³-hybridized carbons (Fsp3) is 0. The number of hydrogen-bond acceptors (Lipinski definition) is 1. The molecule has 0 fully saturated rings. The van der Waals surface area contributed by atoms with Gasteiger partial charge in [-0.25, -0.2) is 4.42 Å². The Morgan fingerprint density at radius 3 is 2.73 bits per heavy atom. The van der Waals surface area contributed by atoms with Crippen molar-refractivity contribution < 1.29 is 4.42 Å². The molecule has 2 heteroatoms. The zero-order valence-electron chi connectivity index (χ0n) is 5.95. The predicted molar refractivity (Wildman–Crippen MR) is 45.0 cm³/mol. The molecule has 2 aromatic rings. The third kappa shape index (κ3) is 0.923. The lowest BCUT2D eigenvalue weighted by atomic mass is 10.2. The van der Waals surface area contributed by atoms with E-state index in [0.717, 1.165) is 16.7 Å². The molecule has 0 saturated heterocycles. The van der Waals surface area contributed by atoms with E-state index >= 15 is 0 Å². The van der Waals surface area contributed by atoms with Crippen LogP contribution in [0, 0.1) is 0 Å². The van der Waals surface area contributed by atoms with Crippen LogP contribution >= 0.6 is 0 Å². The molecule has 2 rings (SSSR count). The van der Waals surface area contributed by atoms with Crippen molar-refractivity contribution >= 4 is 16.7 Å². The fourth-order valence-corrected chi connectivity index (χ4v) is 1.08. The van der Waals surface area contributed by atoms with E-state index in [4.69, 9.17) is 10.2 Å². The first-order valence-electron chi connectivity index (χ1n) is 3.43. The monoisotopic (exact) mass is 146 g/mol. The van der Waals surface area contributed by atoms with Gasteiger partial charge in [0.2, 0.25) is 0 Å². The standard InChI is InChI=1S/C9H8NO/c10-8-5-6-11-9-4-2-1-3-7(8)9/h1-6H,10H2/q+1. The molecule has 0 bridgehead atoms. The lowest BCUT2D eigenvalue weighted by Crippen LogP contribution is -1.84. The molecule has 1 aromatic carbocycles. The van der Waals surface area contributed by atoms with Crippen LogP contribution in [0.25, 0.3) is 11.0 Å². The number of nitrogen functional groups attached to an aromatic ring is 1. The van der Waals surface area contributed by atoms with Crippen molar-refractivity contribution in [1.29, 1.82) is 0 Å². The van der Waals surface area contributed by atoms with Crippen LogP contribution in [0.4, 0.5) is 5.69 Å². The average Bonchev–Trinajstić information content (AvgIpc) is 2.06. The van der Waals surface area contributed by atoms with Crippen molar-refractivity contribution in [2.45, 2.75) is 0 Å². The number of rotatable bonds is 0. The number of anilines is 1. The highest BCUT2D eigenvalue weighted by molar-refractivity contribution is 5.87. The quantitative estimate of drug-likeness (QED) is 0.579. The Balaban J connectivity index is 2.91. The van der Waals surface area contributed by atoms with Gasteiger partial charge in [0.05, 0.1) is 11.8 Å². The van der Waals surface area contributed by atoms with E-state index in [2.05, 4.69) is 0 Å². The summed E-state index contributed by atoms with van der Waals surface area (Å²) in [6.45, 7) is 0. The molecule has 1 heterocycles. The van der Waals surface area contributed by atoms with Gasteiger partial charge in [0.15, 0.2) is 0 Å². The SMILES string of the molecule is Nc1cc[o+]c2ccccc12. The van der Waals surface area contributed by atoms with E-state index in [1.54, 1.807) is 12.3 Å². The summed E-state index contributed by atoms with van der Waals surface area (Å²) in [5, 5.41) is 0.968. The highest BCUT2D eigenvalue weighted by Crippen LogP contribution is 2.19. The highest BCUT2D eigenvalue weighted by Gasteiger charge is 2.05. The van der Waals surface area contributed by atoms with Crippen LogP contribution in [0.3, 0.4) is 0 Å². The van der Waals surface area contributed by atoms with Crippen molar-refractivity contribution in [2.75, 3.05) is 5.73 Å². The van der Waals surface area contributed by atoms with Gasteiger partial charge in [0.1, 0.15) is 5.39 Å². The second kappa shape index (κ2) is 2.23. The van der Waals surface area contributed by atoms with Crippen LogP contribution in [0.15, 0.2) is 41.0 Å². The van der Waals surface area contributed by atoms with Gasteiger partial charge in [-0.1, -0.05) is 12.1 Å². The molecule has 0 unspecified atom stereocenters. The molecule has 0 aliphatic heterocycles. The van der Waals surface area contributed by atoms with Crippen molar-refractivity contribution in [3.05, 3.63) is 36.6 Å². The van der Waals surface area contributed by atoms with E-state index in [1.807, 2.05) is 24.3 Å². The second-order valence-corrected chi connectivity index (χ2v) is 2.37. The van der Waals surface area contributed by atoms with Crippen LogP contribution in [0.2, 0.25) is 0 Å². The maximum absolute atomic E-state index is 5.70. The number of fused-ring (bicyclic) bond motifs is 1. The summed E-state index contributed by atoms with van der Waals surface area (Å²) in [6, 6.07) is 9.45. The third-order valence-electron chi connectivity index (χ3n) is 1.64. The van der Waals surface area contributed by atoms with Crippen molar-refractivity contribution in [2.24, 2.45) is 0 Å². The average molecular weight is 146 g/mol. The normalized spacial score (nSPS) is 10.2. The number of benzene rings is 1. The lowest BCUT2D eigenvalue weighted by molar-refractivity contribution is 0.604. The first-order chi connectivity index (χ1) is 5.38. The Bertz CT molecular complexity index is 379. The molecule has 0 amide bonds. The molecular weight excluding hydrogens is 138 g/mol. The van der Waals surface area contributed by atoms with Crippen molar-refractivity contribution in [3.8, 4) is 0 Å². The van der Waals surface area contributed by atoms with Gasteiger partial charge in [0.25, 0.3) is 0 Å². The van der Waals surface area contributed by atoms with Gasteiger partial charge < -0.3 is 5.73 Å². The molecule has 54 valence electrons. The van der Waals surface area contributed by atoms with Gasteiger partial charge in [-0.3, -0.25) is 0 Å². The van der Waals surface area contributed by atoms with Gasteiger partial charge >= 0.3 is 11.8 Å². The molecule has 1 aromatic heterocycles. The Hall–Kier alpha value is -1.57. The van der Waals surface area contributed by atoms with Crippen LogP contribution < -0.4 is 5.73 Å². The summed E-state index contributed by atoms with van der Waals surface area (Å²) in [5.41, 5.74) is 7.28. The van der Waals surface area contributed by atoms with Crippen molar-refractivity contribution in [3.63, 3.8) is 0 Å². The van der Waals surface area contributed by atoms with E-state index in [9.17, 15) is 0 Å². The van der Waals surface area contributed by atoms with Crippen LogP contribution in [-0.2, 0) is 0 Å². The van der Waals surface area contributed by atoms with E-state index in [1.165, 1.54) is 0 Å². The van der Waals surface area contributed by atoms with Gasteiger partial charge in [0, 0.05) is 6.07 Å². The van der Waals surface area contributed by atoms with Gasteiger partial charge in [-0.2, -0.15) is 0 Å². The Labute approximate surface area is 64.3 Å². The summed E-state index contributed by atoms with van der Waals surface area (Å²) in [6.07, 6.45) is 1.59. The molecule has 0 aliphatic carbocycles. The molecule has 11 heavy (non-hydrogen) atoms. The van der Waals surface area contributed by atoms with E-state index in [-0.39, 0.29) is 0 Å². The van der Waals surface area contributed by atoms with Crippen LogP contribution in [0.1, 0.15) is 0 Å². The molecule has 0 atom stereocenters. The zero-order chi connectivity index (χ0) is 7.68. The van der Waals surface area contributed by atoms with E-state index < -0.39 is 0 Å². The molecule has 0 aliphatic rings. The number of hydrogen-bond donors (Lipinski definition) is 1. The Morgan fingerprint density at radius 1 is 1.09 bits per heavy atom. The van der Waals surface area contributed by atoms with Gasteiger partial charge in [-0.15, -0.1) is 0 Å². The lowest BCUT2D eigenvalue weighted by Gasteiger charge is -1.89. The molecule has 0 radical (unpaired) electrons. The van der Waals surface area contributed by atoms with E-state index in [0.29, 0.717) is 0 Å². The summed E-state index contributed by atoms with van der Waals surface area (Å²) < 4.78 is 5.21. The van der Waals surface area contributed by atoms with Gasteiger partial charge in [-0.05, 0) is 6.07 Å². The molecule has 0 spiro atoms. The first-order valence-corrected chi connectivity index (χ1v) is 3.43. The largest absolute Gasteiger partial charge is 0.398 e. The fourth-order valence-electron chi connectivity index (χ4n) is 1.08. The summed E-state index contributed by atoms with van der Waals surface area (Å²) in [5.74, 6) is 0. The first kappa shape index (κ1) is 6.16. The second-order valence-electron chi connectivity index (χ2n) is 2.37. The number of para-hydroxylation sites is 1. The molecule has 2 N–H and O–H groups in total. The van der Waals surface area contributed by atoms with Crippen molar-refractivity contribution in [1.82, 2.24) is 0 Å². The third-order valence-corrected chi connectivity index (χ3v) is 1.64. The zero-order valence-corrected chi connectivity index (χ0v) is 5.95. The Kier molecular flexibility index (Phi) is 1.25. The minimum atomic E-state index is 0.756. The minimum Gasteiger partial charge on any atom is -0.398 e.